The van der Waals surface area contributed by atoms with E-state index in [0.717, 1.165) is 5.56 Å². The van der Waals surface area contributed by atoms with Gasteiger partial charge in [-0.05, 0) is 6.07 Å². The van der Waals surface area contributed by atoms with Gasteiger partial charge >= 0.3 is 7.68 Å². The average molecular weight is 206 g/mol. The second-order valence-electron chi connectivity index (χ2n) is 2.76. The summed E-state index contributed by atoms with van der Waals surface area (Å²) >= 11 is 0. The molecule has 0 N–H and O–H groups in total. The number of hydrogen-bond donors (Lipinski definition) is 0. The van der Waals surface area contributed by atoms with Crippen LogP contribution in [0.2, 0.25) is 0 Å². The molecule has 0 aliphatic heterocycles. The van der Waals surface area contributed by atoms with E-state index in [1.54, 1.807) is 12.1 Å². The van der Waals surface area contributed by atoms with E-state index in [0.29, 0.717) is 5.76 Å². The molecule has 70 valence electrons. The first-order valence-corrected chi connectivity index (χ1v) is 5.24. The van der Waals surface area contributed by atoms with Crippen LogP contribution < -0.4 is 5.30 Å². The first kappa shape index (κ1) is 8.97. The van der Waals surface area contributed by atoms with Crippen molar-refractivity contribution in [2.75, 3.05) is 0 Å². The van der Waals surface area contributed by atoms with Gasteiger partial charge in [0.05, 0.1) is 6.26 Å². The van der Waals surface area contributed by atoms with Crippen LogP contribution in [0.25, 0.3) is 11.3 Å². The highest BCUT2D eigenvalue weighted by molar-refractivity contribution is 7.41. The van der Waals surface area contributed by atoms with Gasteiger partial charge in [-0.2, -0.15) is 0 Å². The molecule has 1 aromatic heterocycles. The quantitative estimate of drug-likeness (QED) is 0.709. The third-order valence-electron chi connectivity index (χ3n) is 1.88. The lowest BCUT2D eigenvalue weighted by atomic mass is 10.2. The van der Waals surface area contributed by atoms with E-state index in [1.807, 2.05) is 18.2 Å². The van der Waals surface area contributed by atoms with Gasteiger partial charge in [-0.15, -0.1) is 0 Å². The minimum absolute atomic E-state index is 0.228. The van der Waals surface area contributed by atoms with Crippen LogP contribution in [0.3, 0.4) is 0 Å². The van der Waals surface area contributed by atoms with Crippen LogP contribution in [0, 0.1) is 0 Å². The molecule has 1 heterocycles. The highest BCUT2D eigenvalue weighted by Crippen LogP contribution is 2.22. The Kier molecular flexibility index (Phi) is 2.33. The van der Waals surface area contributed by atoms with Crippen molar-refractivity contribution in [2.45, 2.75) is 0 Å². The van der Waals surface area contributed by atoms with E-state index in [9.17, 15) is 9.13 Å². The van der Waals surface area contributed by atoms with Crippen molar-refractivity contribution in [3.63, 3.8) is 0 Å². The standard InChI is InChI=1S/C10H7O3P/c11-14(12)9-6-7-13-10(9)8-4-2-1-3-5-8/h1-7H. The summed E-state index contributed by atoms with van der Waals surface area (Å²) in [6.45, 7) is 0. The second-order valence-corrected chi connectivity index (χ2v) is 3.75. The van der Waals surface area contributed by atoms with Crippen LogP contribution in [0.4, 0.5) is 0 Å². The van der Waals surface area contributed by atoms with Crippen molar-refractivity contribution in [3.8, 4) is 11.3 Å². The van der Waals surface area contributed by atoms with Gasteiger partial charge in [-0.1, -0.05) is 30.3 Å². The molecule has 0 bridgehead atoms. The molecule has 0 aliphatic rings. The molecular weight excluding hydrogens is 199 g/mol. The van der Waals surface area contributed by atoms with Crippen molar-refractivity contribution in [2.24, 2.45) is 0 Å². The normalized spacial score (nSPS) is 10.0. The van der Waals surface area contributed by atoms with Crippen molar-refractivity contribution in [1.82, 2.24) is 0 Å². The third-order valence-corrected chi connectivity index (χ3v) is 2.62. The predicted molar refractivity (Wildman–Crippen MR) is 52.1 cm³/mol. The molecule has 0 unspecified atom stereocenters. The summed E-state index contributed by atoms with van der Waals surface area (Å²) in [4.78, 5) is 0. The Balaban J connectivity index is 2.58. The summed E-state index contributed by atoms with van der Waals surface area (Å²) < 4.78 is 26.8. The van der Waals surface area contributed by atoms with Crippen LogP contribution in [-0.2, 0) is 9.13 Å². The molecule has 0 saturated carbocycles. The van der Waals surface area contributed by atoms with Crippen LogP contribution in [0.5, 0.6) is 0 Å². The van der Waals surface area contributed by atoms with Gasteiger partial charge in [0.25, 0.3) is 0 Å². The van der Waals surface area contributed by atoms with Crippen LogP contribution in [0.15, 0.2) is 47.1 Å². The number of benzene rings is 1. The number of furan rings is 1. The van der Waals surface area contributed by atoms with Gasteiger partial charge in [0.2, 0.25) is 0 Å². The molecule has 0 amide bonds. The van der Waals surface area contributed by atoms with E-state index >= 15 is 0 Å². The first-order chi connectivity index (χ1) is 6.79. The molecule has 2 rings (SSSR count). The maximum absolute atomic E-state index is 10.8. The molecule has 1 aromatic carbocycles. The van der Waals surface area contributed by atoms with E-state index in [2.05, 4.69) is 0 Å². The Morgan fingerprint density at radius 1 is 1.00 bits per heavy atom. The van der Waals surface area contributed by atoms with Gasteiger partial charge < -0.3 is 4.42 Å². The SMILES string of the molecule is O=P(=O)c1ccoc1-c1ccccc1. The molecule has 3 nitrogen and oxygen atoms in total. The summed E-state index contributed by atoms with van der Waals surface area (Å²) in [5.74, 6) is 0.404. The van der Waals surface area contributed by atoms with Crippen LogP contribution >= 0.6 is 7.68 Å². The summed E-state index contributed by atoms with van der Waals surface area (Å²) in [5.41, 5.74) is 0.770. The minimum atomic E-state index is -2.60. The maximum atomic E-state index is 10.8. The Hall–Kier alpha value is -1.60. The van der Waals surface area contributed by atoms with Crippen LogP contribution in [-0.4, -0.2) is 0 Å². The minimum Gasteiger partial charge on any atom is -0.463 e. The molecule has 0 atom stereocenters. The summed E-state index contributed by atoms with van der Waals surface area (Å²) in [7, 11) is -2.60. The third kappa shape index (κ3) is 1.54. The number of hydrogen-bond acceptors (Lipinski definition) is 3. The van der Waals surface area contributed by atoms with E-state index in [1.165, 1.54) is 12.3 Å². The van der Waals surface area contributed by atoms with Crippen LogP contribution in [0.1, 0.15) is 0 Å². The molecule has 14 heavy (non-hydrogen) atoms. The largest absolute Gasteiger partial charge is 0.463 e. The predicted octanol–water partition coefficient (Wildman–Crippen LogP) is 2.74. The fourth-order valence-corrected chi connectivity index (χ4v) is 1.78. The van der Waals surface area contributed by atoms with E-state index in [-0.39, 0.29) is 5.30 Å². The first-order valence-electron chi connectivity index (χ1n) is 4.06. The Bertz CT molecular complexity index is 489. The zero-order chi connectivity index (χ0) is 9.97. The zero-order valence-corrected chi connectivity index (χ0v) is 8.11. The summed E-state index contributed by atoms with van der Waals surface area (Å²) in [6.07, 6.45) is 1.38. The number of rotatable bonds is 2. The molecular formula is C10H7O3P. The summed E-state index contributed by atoms with van der Waals surface area (Å²) in [6, 6.07) is 10.6. The molecule has 0 radical (unpaired) electrons. The lowest BCUT2D eigenvalue weighted by Gasteiger charge is -1.95. The fraction of sp³-hybridized carbons (Fsp3) is 0. The van der Waals surface area contributed by atoms with Crippen molar-refractivity contribution in [1.29, 1.82) is 0 Å². The molecule has 0 fully saturated rings. The fourth-order valence-electron chi connectivity index (χ4n) is 1.25. The molecule has 4 heteroatoms. The molecule has 0 saturated heterocycles. The van der Waals surface area contributed by atoms with Crippen molar-refractivity contribution < 1.29 is 13.5 Å². The lowest BCUT2D eigenvalue weighted by molar-refractivity contribution is 0.522. The summed E-state index contributed by atoms with van der Waals surface area (Å²) in [5, 5.41) is 0.228. The molecule has 0 spiro atoms. The highest BCUT2D eigenvalue weighted by atomic mass is 31.1. The van der Waals surface area contributed by atoms with E-state index < -0.39 is 7.68 Å². The molecule has 2 aromatic rings. The van der Waals surface area contributed by atoms with E-state index in [4.69, 9.17) is 4.42 Å². The molecule has 0 aliphatic carbocycles. The second kappa shape index (κ2) is 3.64. The Morgan fingerprint density at radius 2 is 1.71 bits per heavy atom. The average Bonchev–Trinajstić information content (AvgIpc) is 2.67. The van der Waals surface area contributed by atoms with Crippen molar-refractivity contribution in [3.05, 3.63) is 42.7 Å². The maximum Gasteiger partial charge on any atom is 0.352 e. The van der Waals surface area contributed by atoms with Gasteiger partial charge in [0.15, 0.2) is 5.76 Å². The van der Waals surface area contributed by atoms with Gasteiger partial charge in [0, 0.05) is 5.56 Å². The Labute approximate surface area is 81.2 Å². The van der Waals surface area contributed by atoms with Crippen molar-refractivity contribution >= 4 is 13.0 Å². The topological polar surface area (TPSA) is 47.3 Å². The zero-order valence-electron chi connectivity index (χ0n) is 7.21. The lowest BCUT2D eigenvalue weighted by Crippen LogP contribution is -1.91. The van der Waals surface area contributed by atoms with Gasteiger partial charge in [-0.25, -0.2) is 9.13 Å². The van der Waals surface area contributed by atoms with Gasteiger partial charge in [0.1, 0.15) is 5.30 Å². The monoisotopic (exact) mass is 206 g/mol. The highest BCUT2D eigenvalue weighted by Gasteiger charge is 2.12. The van der Waals surface area contributed by atoms with Gasteiger partial charge in [-0.3, -0.25) is 0 Å². The Morgan fingerprint density at radius 3 is 2.36 bits per heavy atom. The smallest absolute Gasteiger partial charge is 0.352 e.